The molecular formula is C16H15NO3. The third-order valence-electron chi connectivity index (χ3n) is 3.22. The average molecular weight is 269 g/mol. The predicted molar refractivity (Wildman–Crippen MR) is 75.2 cm³/mol. The number of rotatable bonds is 3. The smallest absolute Gasteiger partial charge is 0.244 e. The number of fused-ring (bicyclic) bond motifs is 1. The molecule has 1 atom stereocenters. The first-order valence-corrected chi connectivity index (χ1v) is 6.57. The van der Waals surface area contributed by atoms with E-state index in [0.717, 1.165) is 17.7 Å². The second-order valence-corrected chi connectivity index (χ2v) is 4.58. The minimum absolute atomic E-state index is 0.00583. The Morgan fingerprint density at radius 2 is 2.15 bits per heavy atom. The Balaban J connectivity index is 1.68. The lowest BCUT2D eigenvalue weighted by Crippen LogP contribution is -2.30. The van der Waals surface area contributed by atoms with Gasteiger partial charge in [-0.2, -0.15) is 0 Å². The van der Waals surface area contributed by atoms with Crippen LogP contribution in [0.4, 0.5) is 0 Å². The van der Waals surface area contributed by atoms with Crippen LogP contribution in [0.25, 0.3) is 6.08 Å². The molecule has 0 saturated carbocycles. The van der Waals surface area contributed by atoms with Crippen molar-refractivity contribution < 1.29 is 13.9 Å². The first kappa shape index (κ1) is 12.5. The quantitative estimate of drug-likeness (QED) is 0.872. The lowest BCUT2D eigenvalue weighted by molar-refractivity contribution is -0.117. The second-order valence-electron chi connectivity index (χ2n) is 4.58. The summed E-state index contributed by atoms with van der Waals surface area (Å²) < 4.78 is 10.7. The molecule has 0 bridgehead atoms. The van der Waals surface area contributed by atoms with Crippen LogP contribution < -0.4 is 10.1 Å². The fraction of sp³-hybridized carbons (Fsp3) is 0.188. The highest BCUT2D eigenvalue weighted by Crippen LogP contribution is 2.31. The summed E-state index contributed by atoms with van der Waals surface area (Å²) in [4.78, 5) is 11.9. The van der Waals surface area contributed by atoms with Crippen molar-refractivity contribution in [3.05, 3.63) is 60.1 Å². The third kappa shape index (κ3) is 2.74. The van der Waals surface area contributed by atoms with Gasteiger partial charge in [-0.15, -0.1) is 0 Å². The molecular weight excluding hydrogens is 254 g/mol. The molecule has 0 saturated heterocycles. The molecule has 4 nitrogen and oxygen atoms in total. The molecule has 1 amide bonds. The van der Waals surface area contributed by atoms with Crippen LogP contribution in [0.3, 0.4) is 0 Å². The molecule has 1 aliphatic heterocycles. The second kappa shape index (κ2) is 5.65. The number of para-hydroxylation sites is 1. The summed E-state index contributed by atoms with van der Waals surface area (Å²) in [5, 5.41) is 2.99. The van der Waals surface area contributed by atoms with E-state index < -0.39 is 0 Å². The Bertz CT molecular complexity index is 616. The van der Waals surface area contributed by atoms with Gasteiger partial charge >= 0.3 is 0 Å². The van der Waals surface area contributed by atoms with E-state index in [9.17, 15) is 4.79 Å². The number of hydrogen-bond acceptors (Lipinski definition) is 3. The number of hydrogen-bond donors (Lipinski definition) is 1. The zero-order chi connectivity index (χ0) is 13.8. The van der Waals surface area contributed by atoms with E-state index in [1.807, 2.05) is 24.3 Å². The van der Waals surface area contributed by atoms with Gasteiger partial charge in [-0.05, 0) is 24.3 Å². The summed E-state index contributed by atoms with van der Waals surface area (Å²) in [5.74, 6) is 1.37. The molecule has 20 heavy (non-hydrogen) atoms. The molecule has 1 aromatic heterocycles. The van der Waals surface area contributed by atoms with E-state index in [1.54, 1.807) is 24.5 Å². The van der Waals surface area contributed by atoms with Gasteiger partial charge in [0.1, 0.15) is 11.5 Å². The Morgan fingerprint density at radius 1 is 1.25 bits per heavy atom. The van der Waals surface area contributed by atoms with Crippen LogP contribution in [0.2, 0.25) is 0 Å². The summed E-state index contributed by atoms with van der Waals surface area (Å²) in [7, 11) is 0. The first-order chi connectivity index (χ1) is 9.83. The van der Waals surface area contributed by atoms with E-state index in [4.69, 9.17) is 9.15 Å². The maximum absolute atomic E-state index is 11.9. The molecule has 1 N–H and O–H groups in total. The largest absolute Gasteiger partial charge is 0.493 e. The van der Waals surface area contributed by atoms with Crippen LogP contribution in [-0.2, 0) is 4.79 Å². The zero-order valence-corrected chi connectivity index (χ0v) is 10.9. The SMILES string of the molecule is O=C(/C=C/c1ccco1)N[C@@H]1CCOc2ccccc21. The van der Waals surface area contributed by atoms with E-state index in [0.29, 0.717) is 12.4 Å². The highest BCUT2D eigenvalue weighted by atomic mass is 16.5. The summed E-state index contributed by atoms with van der Waals surface area (Å²) in [5.41, 5.74) is 1.03. The van der Waals surface area contributed by atoms with E-state index >= 15 is 0 Å². The van der Waals surface area contributed by atoms with Crippen molar-refractivity contribution in [2.24, 2.45) is 0 Å². The fourth-order valence-corrected chi connectivity index (χ4v) is 2.26. The Hall–Kier alpha value is -2.49. The molecule has 1 aromatic carbocycles. The third-order valence-corrected chi connectivity index (χ3v) is 3.22. The Morgan fingerprint density at radius 3 is 3.00 bits per heavy atom. The monoisotopic (exact) mass is 269 g/mol. The zero-order valence-electron chi connectivity index (χ0n) is 10.9. The fourth-order valence-electron chi connectivity index (χ4n) is 2.26. The normalized spacial score (nSPS) is 17.5. The molecule has 3 rings (SSSR count). The lowest BCUT2D eigenvalue weighted by atomic mass is 10.0. The van der Waals surface area contributed by atoms with Gasteiger partial charge in [0.15, 0.2) is 0 Å². The van der Waals surface area contributed by atoms with Gasteiger partial charge in [0.05, 0.1) is 18.9 Å². The molecule has 4 heteroatoms. The maximum Gasteiger partial charge on any atom is 0.244 e. The standard InChI is InChI=1S/C16H15NO3/c18-16(8-7-12-4-3-10-19-12)17-14-9-11-20-15-6-2-1-5-13(14)15/h1-8,10,14H,9,11H2,(H,17,18)/b8-7+/t14-/m1/s1. The van der Waals surface area contributed by atoms with E-state index in [2.05, 4.69) is 5.32 Å². The van der Waals surface area contributed by atoms with Crippen molar-refractivity contribution in [1.82, 2.24) is 5.32 Å². The highest BCUT2D eigenvalue weighted by molar-refractivity contribution is 5.91. The topological polar surface area (TPSA) is 51.5 Å². The molecule has 0 radical (unpaired) electrons. The van der Waals surface area contributed by atoms with Gasteiger partial charge in [-0.3, -0.25) is 4.79 Å². The number of benzene rings is 1. The first-order valence-electron chi connectivity index (χ1n) is 6.57. The summed E-state index contributed by atoms with van der Waals surface area (Å²) in [6.45, 7) is 0.615. The van der Waals surface area contributed by atoms with Gasteiger partial charge in [0.25, 0.3) is 0 Å². The van der Waals surface area contributed by atoms with Gasteiger partial charge in [-0.1, -0.05) is 18.2 Å². The Labute approximate surface area is 117 Å². The van der Waals surface area contributed by atoms with Crippen LogP contribution in [0.1, 0.15) is 23.8 Å². The van der Waals surface area contributed by atoms with Gasteiger partial charge < -0.3 is 14.5 Å². The van der Waals surface area contributed by atoms with Crippen LogP contribution in [0.5, 0.6) is 5.75 Å². The molecule has 0 aliphatic carbocycles. The van der Waals surface area contributed by atoms with Crippen molar-refractivity contribution in [3.8, 4) is 5.75 Å². The van der Waals surface area contributed by atoms with Gasteiger partial charge in [0.2, 0.25) is 5.91 Å². The number of carbonyl (C=O) groups excluding carboxylic acids is 1. The molecule has 0 fully saturated rings. The number of amides is 1. The van der Waals surface area contributed by atoms with Crippen molar-refractivity contribution in [2.45, 2.75) is 12.5 Å². The molecule has 2 heterocycles. The van der Waals surface area contributed by atoms with E-state index in [1.165, 1.54) is 6.08 Å². The van der Waals surface area contributed by atoms with Gasteiger partial charge in [-0.25, -0.2) is 0 Å². The van der Waals surface area contributed by atoms with Crippen LogP contribution in [-0.4, -0.2) is 12.5 Å². The van der Waals surface area contributed by atoms with E-state index in [-0.39, 0.29) is 11.9 Å². The van der Waals surface area contributed by atoms with Crippen LogP contribution in [0, 0.1) is 0 Å². The van der Waals surface area contributed by atoms with Crippen LogP contribution in [0.15, 0.2) is 53.2 Å². The number of nitrogens with one attached hydrogen (secondary N) is 1. The number of furan rings is 1. The number of ether oxygens (including phenoxy) is 1. The van der Waals surface area contributed by atoms with Crippen molar-refractivity contribution in [3.63, 3.8) is 0 Å². The summed E-state index contributed by atoms with van der Waals surface area (Å²) in [6.07, 6.45) is 5.49. The highest BCUT2D eigenvalue weighted by Gasteiger charge is 2.21. The van der Waals surface area contributed by atoms with Gasteiger partial charge in [0, 0.05) is 18.1 Å². The van der Waals surface area contributed by atoms with Crippen LogP contribution >= 0.6 is 0 Å². The van der Waals surface area contributed by atoms with Crippen molar-refractivity contribution in [2.75, 3.05) is 6.61 Å². The average Bonchev–Trinajstić information content (AvgIpc) is 2.99. The summed E-state index contributed by atoms with van der Waals surface area (Å²) in [6, 6.07) is 11.4. The Kier molecular flexibility index (Phi) is 3.54. The van der Waals surface area contributed by atoms with Crippen molar-refractivity contribution in [1.29, 1.82) is 0 Å². The van der Waals surface area contributed by atoms with Crippen molar-refractivity contribution >= 4 is 12.0 Å². The number of carbonyl (C=O) groups is 1. The molecule has 102 valence electrons. The predicted octanol–water partition coefficient (Wildman–Crippen LogP) is 2.93. The minimum atomic E-state index is -0.136. The lowest BCUT2D eigenvalue weighted by Gasteiger charge is -2.26. The molecule has 0 unspecified atom stereocenters. The molecule has 0 spiro atoms. The summed E-state index contributed by atoms with van der Waals surface area (Å²) >= 11 is 0. The molecule has 2 aromatic rings. The molecule has 1 aliphatic rings. The minimum Gasteiger partial charge on any atom is -0.493 e. The maximum atomic E-state index is 11.9.